The second kappa shape index (κ2) is 9.56. The third kappa shape index (κ3) is 4.36. The lowest BCUT2D eigenvalue weighted by Crippen LogP contribution is -2.46. The molecular weight excluding hydrogens is 480 g/mol. The molecule has 36 heavy (non-hydrogen) atoms. The third-order valence-electron chi connectivity index (χ3n) is 6.59. The minimum Gasteiger partial charge on any atom is -0.493 e. The fourth-order valence-electron chi connectivity index (χ4n) is 4.61. The summed E-state index contributed by atoms with van der Waals surface area (Å²) >= 11 is 5.99. The van der Waals surface area contributed by atoms with Crippen LogP contribution in [-0.4, -0.2) is 31.6 Å². The fourth-order valence-corrected chi connectivity index (χ4v) is 4.74. The highest BCUT2D eigenvalue weighted by atomic mass is 35.5. The van der Waals surface area contributed by atoms with Gasteiger partial charge < -0.3 is 19.5 Å². The van der Waals surface area contributed by atoms with Gasteiger partial charge in [-0.1, -0.05) is 35.9 Å². The molecule has 5 rings (SSSR count). The van der Waals surface area contributed by atoms with Crippen LogP contribution in [-0.2, 0) is 15.1 Å². The van der Waals surface area contributed by atoms with E-state index in [9.17, 15) is 14.9 Å². The van der Waals surface area contributed by atoms with Crippen molar-refractivity contribution in [2.24, 2.45) is 0 Å². The number of methoxy groups -OCH3 is 1. The molecule has 1 heterocycles. The number of hydrogen-bond acceptors (Lipinski definition) is 6. The lowest BCUT2D eigenvalue weighted by atomic mass is 9.86. The number of nitrogens with one attached hydrogen (secondary N) is 1. The van der Waals surface area contributed by atoms with Crippen molar-refractivity contribution in [3.8, 4) is 17.6 Å². The van der Waals surface area contributed by atoms with Gasteiger partial charge in [0.25, 0.3) is 5.91 Å². The van der Waals surface area contributed by atoms with Crippen LogP contribution in [0.25, 0.3) is 0 Å². The maximum atomic E-state index is 13.3. The van der Waals surface area contributed by atoms with Crippen molar-refractivity contribution in [2.75, 3.05) is 13.7 Å². The Morgan fingerprint density at radius 2 is 1.92 bits per heavy atom. The molecule has 2 aliphatic rings. The van der Waals surface area contributed by atoms with Crippen LogP contribution in [0.15, 0.2) is 66.7 Å². The number of nitrogens with zero attached hydrogens (tertiary/aromatic N) is 1. The number of carbonyl (C=O) groups is 2. The van der Waals surface area contributed by atoms with E-state index in [0.29, 0.717) is 27.5 Å². The van der Waals surface area contributed by atoms with E-state index in [1.54, 1.807) is 42.5 Å². The molecule has 182 valence electrons. The highest BCUT2D eigenvalue weighted by Gasteiger charge is 2.49. The molecule has 0 radical (unpaired) electrons. The molecule has 7 nitrogen and oxygen atoms in total. The van der Waals surface area contributed by atoms with Gasteiger partial charge in [-0.25, -0.2) is 4.79 Å². The van der Waals surface area contributed by atoms with E-state index in [-0.39, 0.29) is 36.6 Å². The summed E-state index contributed by atoms with van der Waals surface area (Å²) in [5, 5.41) is 13.1. The zero-order chi connectivity index (χ0) is 25.3. The molecule has 3 unspecified atom stereocenters. The topological polar surface area (TPSA) is 97.7 Å². The van der Waals surface area contributed by atoms with Crippen LogP contribution in [0.2, 0.25) is 5.02 Å². The lowest BCUT2D eigenvalue weighted by molar-refractivity contribution is -0.163. The van der Waals surface area contributed by atoms with Crippen LogP contribution in [0.5, 0.6) is 11.5 Å². The van der Waals surface area contributed by atoms with Crippen LogP contribution in [0, 0.1) is 11.3 Å². The Hall–Kier alpha value is -4.02. The van der Waals surface area contributed by atoms with Gasteiger partial charge in [0.05, 0.1) is 36.5 Å². The predicted molar refractivity (Wildman–Crippen MR) is 132 cm³/mol. The molecule has 0 bridgehead atoms. The molecule has 1 fully saturated rings. The summed E-state index contributed by atoms with van der Waals surface area (Å²) in [6.07, 6.45) is 0.975. The maximum Gasteiger partial charge on any atom is 0.355 e. The zero-order valence-corrected chi connectivity index (χ0v) is 20.2. The average Bonchev–Trinajstić information content (AvgIpc) is 3.67. The summed E-state index contributed by atoms with van der Waals surface area (Å²) in [6, 6.07) is 21.3. The molecule has 0 spiro atoms. The number of amides is 1. The first-order valence-electron chi connectivity index (χ1n) is 11.6. The quantitative estimate of drug-likeness (QED) is 0.489. The van der Waals surface area contributed by atoms with Gasteiger partial charge in [0.15, 0.2) is 0 Å². The number of rotatable bonds is 6. The van der Waals surface area contributed by atoms with Crippen molar-refractivity contribution >= 4 is 23.5 Å². The number of para-hydroxylation sites is 1. The van der Waals surface area contributed by atoms with Crippen LogP contribution in [0.1, 0.15) is 45.8 Å². The molecule has 3 atom stereocenters. The van der Waals surface area contributed by atoms with Gasteiger partial charge in [-0.15, -0.1) is 0 Å². The largest absolute Gasteiger partial charge is 0.493 e. The van der Waals surface area contributed by atoms with Crippen molar-refractivity contribution in [1.82, 2.24) is 5.32 Å². The molecular formula is C28H23ClN2O5. The van der Waals surface area contributed by atoms with Crippen molar-refractivity contribution in [2.45, 2.75) is 30.4 Å². The van der Waals surface area contributed by atoms with E-state index in [1.165, 1.54) is 7.11 Å². The second-order valence-electron chi connectivity index (χ2n) is 8.81. The minimum absolute atomic E-state index is 0.0108. The zero-order valence-electron chi connectivity index (χ0n) is 19.5. The van der Waals surface area contributed by atoms with E-state index >= 15 is 0 Å². The van der Waals surface area contributed by atoms with Crippen LogP contribution in [0.3, 0.4) is 0 Å². The molecule has 3 aromatic carbocycles. The number of esters is 1. The Balaban J connectivity index is 1.43. The molecule has 3 aromatic rings. The average molecular weight is 503 g/mol. The standard InChI is InChI=1S/C28H23ClN2O5/c1-34-27(33)28(12-13-35-25-11-6-17(16-30)14-22(25)28)36-24-5-3-2-4-20(24)26(32)31-23-15-21(23)18-7-9-19(29)10-8-18/h2-11,14,21,23H,12-13,15H2,1H3,(H,31,32). The van der Waals surface area contributed by atoms with Crippen molar-refractivity contribution in [3.05, 3.63) is 94.0 Å². The summed E-state index contributed by atoms with van der Waals surface area (Å²) in [4.78, 5) is 26.4. The molecule has 1 N–H and O–H groups in total. The number of halogens is 1. The highest BCUT2D eigenvalue weighted by molar-refractivity contribution is 6.30. The van der Waals surface area contributed by atoms with E-state index in [2.05, 4.69) is 11.4 Å². The first kappa shape index (κ1) is 23.7. The van der Waals surface area contributed by atoms with Gasteiger partial charge in [-0.05, 0) is 54.4 Å². The number of ether oxygens (including phenoxy) is 3. The Kier molecular flexibility index (Phi) is 6.29. The number of fused-ring (bicyclic) bond motifs is 1. The van der Waals surface area contributed by atoms with Gasteiger partial charge in [0, 0.05) is 23.4 Å². The molecule has 0 saturated heterocycles. The van der Waals surface area contributed by atoms with E-state index in [4.69, 9.17) is 25.8 Å². The van der Waals surface area contributed by atoms with Gasteiger partial charge in [0.2, 0.25) is 5.60 Å². The number of hydrogen-bond donors (Lipinski definition) is 1. The molecule has 1 aliphatic heterocycles. The Bertz CT molecular complexity index is 1370. The van der Waals surface area contributed by atoms with Crippen LogP contribution < -0.4 is 14.8 Å². The maximum absolute atomic E-state index is 13.3. The Labute approximate surface area is 213 Å². The molecule has 8 heteroatoms. The second-order valence-corrected chi connectivity index (χ2v) is 9.25. The predicted octanol–water partition coefficient (Wildman–Crippen LogP) is 4.73. The van der Waals surface area contributed by atoms with Gasteiger partial charge >= 0.3 is 5.97 Å². The fraction of sp³-hybridized carbons (Fsp3) is 0.250. The van der Waals surface area contributed by atoms with E-state index < -0.39 is 11.6 Å². The number of benzene rings is 3. The van der Waals surface area contributed by atoms with E-state index in [1.807, 2.05) is 24.3 Å². The Morgan fingerprint density at radius 1 is 1.14 bits per heavy atom. The summed E-state index contributed by atoms with van der Waals surface area (Å²) < 4.78 is 17.2. The van der Waals surface area contributed by atoms with Gasteiger partial charge in [-0.2, -0.15) is 5.26 Å². The van der Waals surface area contributed by atoms with E-state index in [0.717, 1.165) is 12.0 Å². The Morgan fingerprint density at radius 3 is 2.67 bits per heavy atom. The van der Waals surface area contributed by atoms with Gasteiger partial charge in [0.1, 0.15) is 11.5 Å². The van der Waals surface area contributed by atoms with Gasteiger partial charge in [-0.3, -0.25) is 4.79 Å². The monoisotopic (exact) mass is 502 g/mol. The smallest absolute Gasteiger partial charge is 0.355 e. The molecule has 1 amide bonds. The van der Waals surface area contributed by atoms with Crippen LogP contribution in [0.4, 0.5) is 0 Å². The number of carbonyl (C=O) groups excluding carboxylic acids is 2. The SMILES string of the molecule is COC(=O)C1(Oc2ccccc2C(=O)NC2CC2c2ccc(Cl)cc2)CCOc2ccc(C#N)cc21. The normalized spacial score (nSPS) is 21.8. The van der Waals surface area contributed by atoms with Crippen LogP contribution >= 0.6 is 11.6 Å². The summed E-state index contributed by atoms with van der Waals surface area (Å²) in [7, 11) is 1.28. The number of nitriles is 1. The summed E-state index contributed by atoms with van der Waals surface area (Å²) in [5.41, 5.74) is 0.582. The minimum atomic E-state index is -1.57. The first-order chi connectivity index (χ1) is 17.4. The summed E-state index contributed by atoms with van der Waals surface area (Å²) in [5.74, 6) is -0.0596. The first-order valence-corrected chi connectivity index (χ1v) is 11.9. The summed E-state index contributed by atoms with van der Waals surface area (Å²) in [6.45, 7) is 0.202. The van der Waals surface area contributed by atoms with Crippen molar-refractivity contribution in [3.63, 3.8) is 0 Å². The van der Waals surface area contributed by atoms with Crippen molar-refractivity contribution < 1.29 is 23.8 Å². The molecule has 1 aliphatic carbocycles. The molecule has 0 aromatic heterocycles. The lowest BCUT2D eigenvalue weighted by Gasteiger charge is -2.37. The highest BCUT2D eigenvalue weighted by Crippen LogP contribution is 2.44. The molecule has 1 saturated carbocycles. The third-order valence-corrected chi connectivity index (χ3v) is 6.84. The van der Waals surface area contributed by atoms with Crippen molar-refractivity contribution in [1.29, 1.82) is 5.26 Å².